The molecule has 1 aliphatic rings. The SMILES string of the molecule is Cc1cc(C)c(C)c(S(=O)(=O)N2CCN(C(=O)CCCNC(=O)OC(C)(C)C)CC2)c1C. The molecule has 0 aromatic heterocycles. The molecule has 0 spiro atoms. The predicted octanol–water partition coefficient (Wildman–Crippen LogP) is 3.06. The normalized spacial score (nSPS) is 15.5. The fraction of sp³-hybridized carbons (Fsp3) is 0.652. The quantitative estimate of drug-likeness (QED) is 0.649. The van der Waals surface area contributed by atoms with E-state index in [0.717, 1.165) is 22.3 Å². The molecule has 1 aliphatic heterocycles. The Labute approximate surface area is 192 Å². The first-order chi connectivity index (χ1) is 14.7. The number of rotatable bonds is 6. The van der Waals surface area contributed by atoms with Crippen LogP contribution in [0.25, 0.3) is 0 Å². The second-order valence-corrected chi connectivity index (χ2v) is 11.3. The van der Waals surface area contributed by atoms with Gasteiger partial charge in [-0.1, -0.05) is 6.07 Å². The largest absolute Gasteiger partial charge is 0.444 e. The number of nitrogens with zero attached hydrogens (tertiary/aromatic N) is 2. The van der Waals surface area contributed by atoms with Crippen molar-refractivity contribution in [2.45, 2.75) is 71.8 Å². The summed E-state index contributed by atoms with van der Waals surface area (Å²) in [6, 6.07) is 2.01. The predicted molar refractivity (Wildman–Crippen MR) is 124 cm³/mol. The zero-order chi connectivity index (χ0) is 24.3. The molecule has 0 atom stereocenters. The summed E-state index contributed by atoms with van der Waals surface area (Å²) >= 11 is 0. The Hall–Kier alpha value is -2.13. The van der Waals surface area contributed by atoms with Crippen LogP contribution >= 0.6 is 0 Å². The lowest BCUT2D eigenvalue weighted by Gasteiger charge is -2.35. The van der Waals surface area contributed by atoms with E-state index in [1.165, 1.54) is 4.31 Å². The molecule has 0 radical (unpaired) electrons. The first kappa shape index (κ1) is 26.1. The molecule has 1 aromatic carbocycles. The number of hydrogen-bond acceptors (Lipinski definition) is 5. The molecule has 8 nitrogen and oxygen atoms in total. The van der Waals surface area contributed by atoms with Crippen molar-refractivity contribution in [3.05, 3.63) is 28.3 Å². The van der Waals surface area contributed by atoms with E-state index in [2.05, 4.69) is 5.32 Å². The number of benzene rings is 1. The molecule has 0 aliphatic carbocycles. The van der Waals surface area contributed by atoms with Gasteiger partial charge in [0.1, 0.15) is 5.60 Å². The highest BCUT2D eigenvalue weighted by atomic mass is 32.2. The van der Waals surface area contributed by atoms with Gasteiger partial charge in [0.05, 0.1) is 4.90 Å². The monoisotopic (exact) mass is 467 g/mol. The molecule has 180 valence electrons. The van der Waals surface area contributed by atoms with E-state index in [1.54, 1.807) is 25.7 Å². The topological polar surface area (TPSA) is 96.0 Å². The number of hydrogen-bond donors (Lipinski definition) is 1. The number of alkyl carbamates (subject to hydrolysis) is 1. The number of nitrogens with one attached hydrogen (secondary N) is 1. The van der Waals surface area contributed by atoms with Crippen molar-refractivity contribution >= 4 is 22.0 Å². The Bertz CT molecular complexity index is 933. The van der Waals surface area contributed by atoms with Gasteiger partial charge in [0.25, 0.3) is 0 Å². The van der Waals surface area contributed by atoms with E-state index in [9.17, 15) is 18.0 Å². The molecular formula is C23H37N3O5S. The van der Waals surface area contributed by atoms with Crippen molar-refractivity contribution < 1.29 is 22.7 Å². The summed E-state index contributed by atoms with van der Waals surface area (Å²) in [7, 11) is -3.63. The molecule has 2 amide bonds. The van der Waals surface area contributed by atoms with Gasteiger partial charge in [-0.15, -0.1) is 0 Å². The maximum atomic E-state index is 13.4. The van der Waals surface area contributed by atoms with Crippen LogP contribution < -0.4 is 5.32 Å². The molecular weight excluding hydrogens is 430 g/mol. The maximum absolute atomic E-state index is 13.4. The van der Waals surface area contributed by atoms with Crippen molar-refractivity contribution in [3.8, 4) is 0 Å². The number of sulfonamides is 1. The van der Waals surface area contributed by atoms with E-state index in [0.29, 0.717) is 31.0 Å². The van der Waals surface area contributed by atoms with Crippen LogP contribution in [0.3, 0.4) is 0 Å². The summed E-state index contributed by atoms with van der Waals surface area (Å²) in [6.45, 7) is 14.5. The average molecular weight is 468 g/mol. The minimum atomic E-state index is -3.63. The van der Waals surface area contributed by atoms with E-state index < -0.39 is 21.7 Å². The molecule has 1 aromatic rings. The van der Waals surface area contributed by atoms with E-state index in [4.69, 9.17) is 4.74 Å². The lowest BCUT2D eigenvalue weighted by molar-refractivity contribution is -0.132. The van der Waals surface area contributed by atoms with Crippen LogP contribution in [-0.4, -0.2) is 67.9 Å². The van der Waals surface area contributed by atoms with Gasteiger partial charge in [-0.2, -0.15) is 4.31 Å². The number of amides is 2. The number of ether oxygens (including phenoxy) is 1. The van der Waals surface area contributed by atoms with Gasteiger partial charge in [-0.05, 0) is 77.1 Å². The lowest BCUT2D eigenvalue weighted by atomic mass is 10.0. The van der Waals surface area contributed by atoms with E-state index in [-0.39, 0.29) is 25.4 Å². The fourth-order valence-electron chi connectivity index (χ4n) is 3.78. The summed E-state index contributed by atoms with van der Waals surface area (Å²) < 4.78 is 33.4. The van der Waals surface area contributed by atoms with Crippen LogP contribution in [-0.2, 0) is 19.6 Å². The van der Waals surface area contributed by atoms with Crippen LogP contribution in [0.2, 0.25) is 0 Å². The van der Waals surface area contributed by atoms with Gasteiger partial charge < -0.3 is 15.0 Å². The van der Waals surface area contributed by atoms with Gasteiger partial charge in [-0.3, -0.25) is 4.79 Å². The number of carbonyl (C=O) groups excluding carboxylic acids is 2. The van der Waals surface area contributed by atoms with Crippen molar-refractivity contribution in [1.82, 2.24) is 14.5 Å². The molecule has 0 bridgehead atoms. The zero-order valence-electron chi connectivity index (χ0n) is 20.4. The molecule has 1 fully saturated rings. The molecule has 1 heterocycles. The first-order valence-corrected chi connectivity index (χ1v) is 12.5. The Morgan fingerprint density at radius 2 is 1.53 bits per heavy atom. The molecule has 1 saturated heterocycles. The summed E-state index contributed by atoms with van der Waals surface area (Å²) in [6.07, 6.45) is 0.288. The third-order valence-corrected chi connectivity index (χ3v) is 7.90. The standard InChI is InChI=1S/C23H37N3O5S/c1-16-15-17(2)19(4)21(18(16)3)32(29,30)26-13-11-25(12-14-26)20(27)9-8-10-24-22(28)31-23(5,6)7/h15H,8-14H2,1-7H3,(H,24,28). The summed E-state index contributed by atoms with van der Waals surface area (Å²) in [5.74, 6) is -0.0354. The van der Waals surface area contributed by atoms with Crippen LogP contribution in [0.5, 0.6) is 0 Å². The summed E-state index contributed by atoms with van der Waals surface area (Å²) in [5, 5.41) is 2.64. The molecule has 9 heteroatoms. The number of aryl methyl sites for hydroxylation is 2. The maximum Gasteiger partial charge on any atom is 0.407 e. The third-order valence-electron chi connectivity index (χ3n) is 5.72. The van der Waals surface area contributed by atoms with Crippen molar-refractivity contribution in [3.63, 3.8) is 0 Å². The van der Waals surface area contributed by atoms with E-state index >= 15 is 0 Å². The Morgan fingerprint density at radius 1 is 1.00 bits per heavy atom. The number of carbonyl (C=O) groups is 2. The van der Waals surface area contributed by atoms with Crippen molar-refractivity contribution in [1.29, 1.82) is 0 Å². The van der Waals surface area contributed by atoms with Crippen LogP contribution in [0, 0.1) is 27.7 Å². The number of piperazine rings is 1. The molecule has 0 unspecified atom stereocenters. The second-order valence-electron chi connectivity index (χ2n) is 9.41. The lowest BCUT2D eigenvalue weighted by Crippen LogP contribution is -2.50. The molecule has 32 heavy (non-hydrogen) atoms. The van der Waals surface area contributed by atoms with Crippen LogP contribution in [0.15, 0.2) is 11.0 Å². The van der Waals surface area contributed by atoms with Crippen LogP contribution in [0.4, 0.5) is 4.79 Å². The highest BCUT2D eigenvalue weighted by Gasteiger charge is 2.32. The Kier molecular flexibility index (Phi) is 8.33. The first-order valence-electron chi connectivity index (χ1n) is 11.1. The van der Waals surface area contributed by atoms with E-state index in [1.807, 2.05) is 33.8 Å². The second kappa shape index (κ2) is 10.2. The Balaban J connectivity index is 1.89. The minimum absolute atomic E-state index is 0.0354. The molecule has 2 rings (SSSR count). The average Bonchev–Trinajstić information content (AvgIpc) is 2.68. The third kappa shape index (κ3) is 6.45. The zero-order valence-corrected chi connectivity index (χ0v) is 21.2. The highest BCUT2D eigenvalue weighted by molar-refractivity contribution is 7.89. The van der Waals surface area contributed by atoms with Gasteiger partial charge in [0.15, 0.2) is 0 Å². The summed E-state index contributed by atoms with van der Waals surface area (Å²) in [5.41, 5.74) is 2.92. The van der Waals surface area contributed by atoms with Crippen molar-refractivity contribution in [2.75, 3.05) is 32.7 Å². The molecule has 1 N–H and O–H groups in total. The van der Waals surface area contributed by atoms with Gasteiger partial charge in [-0.25, -0.2) is 13.2 Å². The highest BCUT2D eigenvalue weighted by Crippen LogP contribution is 2.29. The van der Waals surface area contributed by atoms with Crippen LogP contribution in [0.1, 0.15) is 55.9 Å². The van der Waals surface area contributed by atoms with Gasteiger partial charge in [0.2, 0.25) is 15.9 Å². The Morgan fingerprint density at radius 3 is 2.03 bits per heavy atom. The van der Waals surface area contributed by atoms with Gasteiger partial charge in [0, 0.05) is 39.1 Å². The minimum Gasteiger partial charge on any atom is -0.444 e. The van der Waals surface area contributed by atoms with Gasteiger partial charge >= 0.3 is 6.09 Å². The molecule has 0 saturated carbocycles. The summed E-state index contributed by atoms with van der Waals surface area (Å²) in [4.78, 5) is 26.2. The van der Waals surface area contributed by atoms with Crippen molar-refractivity contribution in [2.24, 2.45) is 0 Å². The smallest absolute Gasteiger partial charge is 0.407 e. The fourth-order valence-corrected chi connectivity index (χ4v) is 5.77.